The third-order valence-electron chi connectivity index (χ3n) is 7.12. The molecule has 188 valence electrons. The summed E-state index contributed by atoms with van der Waals surface area (Å²) in [5.41, 5.74) is 3.56. The number of methoxy groups -OCH3 is 1. The van der Waals surface area contributed by atoms with Crippen LogP contribution in [0.3, 0.4) is 0 Å². The summed E-state index contributed by atoms with van der Waals surface area (Å²) < 4.78 is 17.7. The van der Waals surface area contributed by atoms with E-state index in [0.29, 0.717) is 28.9 Å². The van der Waals surface area contributed by atoms with E-state index in [4.69, 9.17) is 14.2 Å². The van der Waals surface area contributed by atoms with E-state index < -0.39 is 36.8 Å². The van der Waals surface area contributed by atoms with Gasteiger partial charge in [0.2, 0.25) is 5.79 Å². The predicted molar refractivity (Wildman–Crippen MR) is 127 cm³/mol. The molecule has 8 heteroatoms. The summed E-state index contributed by atoms with van der Waals surface area (Å²) in [7, 11) is 1.32. The maximum absolute atomic E-state index is 11.0. The van der Waals surface area contributed by atoms with Crippen molar-refractivity contribution in [1.29, 1.82) is 5.26 Å². The van der Waals surface area contributed by atoms with E-state index in [1.54, 1.807) is 12.1 Å². The lowest BCUT2D eigenvalue weighted by atomic mass is 9.85. The fourth-order valence-corrected chi connectivity index (χ4v) is 4.68. The Bertz CT molecular complexity index is 1060. The molecule has 5 atom stereocenters. The van der Waals surface area contributed by atoms with E-state index in [-0.39, 0.29) is 6.10 Å². The van der Waals surface area contributed by atoms with Gasteiger partial charge in [0.15, 0.2) is 0 Å². The second-order valence-corrected chi connectivity index (χ2v) is 9.27. The molecule has 8 nitrogen and oxygen atoms in total. The number of aliphatic hydroxyl groups excluding tert-OH is 4. The number of nitriles is 1. The third kappa shape index (κ3) is 4.81. The number of benzene rings is 2. The van der Waals surface area contributed by atoms with Crippen LogP contribution in [0.2, 0.25) is 0 Å². The van der Waals surface area contributed by atoms with Crippen LogP contribution in [0.5, 0.6) is 5.75 Å². The van der Waals surface area contributed by atoms with Crippen molar-refractivity contribution in [1.82, 2.24) is 0 Å². The lowest BCUT2D eigenvalue weighted by molar-refractivity contribution is -0.366. The second kappa shape index (κ2) is 10.6. The first kappa shape index (κ1) is 25.6. The molecule has 0 radical (unpaired) electrons. The first-order valence-corrected chi connectivity index (χ1v) is 12.1. The molecule has 2 fully saturated rings. The van der Waals surface area contributed by atoms with E-state index in [1.807, 2.05) is 24.3 Å². The number of ether oxygens (including phenoxy) is 3. The van der Waals surface area contributed by atoms with Crippen LogP contribution < -0.4 is 4.74 Å². The number of nitrogens with zero attached hydrogens (tertiary/aromatic N) is 1. The normalized spacial score (nSPS) is 28.8. The summed E-state index contributed by atoms with van der Waals surface area (Å²) >= 11 is 0. The van der Waals surface area contributed by atoms with E-state index in [9.17, 15) is 25.7 Å². The van der Waals surface area contributed by atoms with Crippen molar-refractivity contribution < 1.29 is 34.6 Å². The Morgan fingerprint density at radius 1 is 1.09 bits per heavy atom. The van der Waals surface area contributed by atoms with Gasteiger partial charge in [0, 0.05) is 12.7 Å². The Hall–Kier alpha value is -2.51. The molecular weight excluding hydrogens is 450 g/mol. The van der Waals surface area contributed by atoms with Crippen LogP contribution in [0.4, 0.5) is 0 Å². The summed E-state index contributed by atoms with van der Waals surface area (Å²) in [6.45, 7) is 1.50. The molecule has 0 aromatic heterocycles. The van der Waals surface area contributed by atoms with E-state index in [0.717, 1.165) is 31.2 Å². The van der Waals surface area contributed by atoms with Crippen molar-refractivity contribution in [2.45, 2.75) is 75.3 Å². The molecule has 4 rings (SSSR count). The highest BCUT2D eigenvalue weighted by atomic mass is 16.7. The molecule has 2 aromatic carbocycles. The van der Waals surface area contributed by atoms with Crippen molar-refractivity contribution >= 4 is 0 Å². The average Bonchev–Trinajstić information content (AvgIpc) is 2.85. The van der Waals surface area contributed by atoms with Gasteiger partial charge in [-0.2, -0.15) is 5.26 Å². The van der Waals surface area contributed by atoms with Crippen LogP contribution in [-0.4, -0.2) is 64.7 Å². The molecule has 35 heavy (non-hydrogen) atoms. The van der Waals surface area contributed by atoms with Gasteiger partial charge in [0.25, 0.3) is 0 Å². The summed E-state index contributed by atoms with van der Waals surface area (Å²) in [5.74, 6) is -1.54. The predicted octanol–water partition coefficient (Wildman–Crippen LogP) is 1.92. The number of hydrogen-bond acceptors (Lipinski definition) is 8. The van der Waals surface area contributed by atoms with Crippen LogP contribution in [-0.2, 0) is 28.1 Å². The van der Waals surface area contributed by atoms with Gasteiger partial charge in [-0.05, 0) is 60.9 Å². The molecule has 2 aromatic rings. The van der Waals surface area contributed by atoms with Crippen LogP contribution in [0.15, 0.2) is 36.4 Å². The second-order valence-electron chi connectivity index (χ2n) is 9.27. The molecule has 1 saturated heterocycles. The minimum Gasteiger partial charge on any atom is -0.489 e. The highest BCUT2D eigenvalue weighted by Crippen LogP contribution is 2.42. The minimum absolute atomic E-state index is 0.0117. The molecule has 0 bridgehead atoms. The fourth-order valence-electron chi connectivity index (χ4n) is 4.68. The molecule has 4 N–H and O–H groups in total. The third-order valence-corrected chi connectivity index (χ3v) is 7.12. The molecule has 0 amide bonds. The van der Waals surface area contributed by atoms with Gasteiger partial charge in [0.05, 0.1) is 18.3 Å². The first-order valence-electron chi connectivity index (χ1n) is 12.1. The smallest absolute Gasteiger partial charge is 0.224 e. The van der Waals surface area contributed by atoms with Gasteiger partial charge in [0.1, 0.15) is 36.2 Å². The van der Waals surface area contributed by atoms with Crippen molar-refractivity contribution in [3.8, 4) is 11.8 Å². The van der Waals surface area contributed by atoms with E-state index >= 15 is 0 Å². The monoisotopic (exact) mass is 483 g/mol. The van der Waals surface area contributed by atoms with Crippen molar-refractivity contribution in [2.24, 2.45) is 0 Å². The number of aliphatic hydroxyl groups is 4. The van der Waals surface area contributed by atoms with Crippen molar-refractivity contribution in [3.05, 3.63) is 64.2 Å². The fraction of sp³-hybridized carbons (Fsp3) is 0.519. The van der Waals surface area contributed by atoms with Gasteiger partial charge in [-0.25, -0.2) is 0 Å². The maximum Gasteiger partial charge on any atom is 0.224 e. The Morgan fingerprint density at radius 2 is 1.77 bits per heavy atom. The van der Waals surface area contributed by atoms with Gasteiger partial charge in [-0.15, -0.1) is 0 Å². The largest absolute Gasteiger partial charge is 0.489 e. The highest BCUT2D eigenvalue weighted by Gasteiger charge is 2.55. The quantitative estimate of drug-likeness (QED) is 0.448. The zero-order valence-corrected chi connectivity index (χ0v) is 20.1. The topological polar surface area (TPSA) is 132 Å². The summed E-state index contributed by atoms with van der Waals surface area (Å²) in [5, 5.41) is 51.5. The summed E-state index contributed by atoms with van der Waals surface area (Å²) in [4.78, 5) is 0. The zero-order valence-electron chi connectivity index (χ0n) is 20.1. The lowest BCUT2D eigenvalue weighted by Crippen LogP contribution is -2.64. The van der Waals surface area contributed by atoms with Crippen molar-refractivity contribution in [3.63, 3.8) is 0 Å². The Balaban J connectivity index is 1.82. The molecule has 0 unspecified atom stereocenters. The van der Waals surface area contributed by atoms with E-state index in [2.05, 4.69) is 13.0 Å². The minimum atomic E-state index is -1.89. The van der Waals surface area contributed by atoms with Gasteiger partial charge in [-0.3, -0.25) is 0 Å². The van der Waals surface area contributed by atoms with Gasteiger partial charge >= 0.3 is 0 Å². The zero-order chi connectivity index (χ0) is 25.2. The van der Waals surface area contributed by atoms with Crippen LogP contribution in [0.25, 0.3) is 0 Å². The molecular formula is C27H33NO7. The molecule has 1 saturated carbocycles. The number of rotatable bonds is 8. The van der Waals surface area contributed by atoms with Gasteiger partial charge in [-0.1, -0.05) is 31.2 Å². The summed E-state index contributed by atoms with van der Waals surface area (Å²) in [6, 6.07) is 13.7. The SMILES string of the molecule is CCc1ccc(Cc2cc([C@]3(OC)O[C@H](CO)[C@@H](O)[C@H](O)[C@H]3O)cc(OC3CCC3)c2C#N)cc1. The summed E-state index contributed by atoms with van der Waals surface area (Å²) in [6.07, 6.45) is -1.83. The Labute approximate surface area is 205 Å². The standard InChI is InChI=1S/C27H33NO7/c1-3-16-7-9-17(10-8-16)11-18-12-19(13-22(21(18)14-28)34-20-5-4-6-20)27(33-2)26(32)25(31)24(30)23(15-29)35-27/h7-10,12-13,20,23-26,29-32H,3-6,11,15H2,1-2H3/t23-,24-,25+,26-,27+/m1/s1. The van der Waals surface area contributed by atoms with Crippen LogP contribution in [0, 0.1) is 11.3 Å². The molecule has 2 aliphatic rings. The van der Waals surface area contributed by atoms with Crippen LogP contribution >= 0.6 is 0 Å². The highest BCUT2D eigenvalue weighted by molar-refractivity contribution is 5.54. The Kier molecular flexibility index (Phi) is 7.77. The van der Waals surface area contributed by atoms with Gasteiger partial charge < -0.3 is 34.6 Å². The number of hydrogen-bond donors (Lipinski definition) is 4. The lowest BCUT2D eigenvalue weighted by Gasteiger charge is -2.47. The maximum atomic E-state index is 11.0. The van der Waals surface area contributed by atoms with Crippen molar-refractivity contribution in [2.75, 3.05) is 13.7 Å². The molecule has 1 aliphatic carbocycles. The Morgan fingerprint density at radius 3 is 2.31 bits per heavy atom. The van der Waals surface area contributed by atoms with Crippen LogP contribution in [0.1, 0.15) is 54.0 Å². The molecule has 1 aliphatic heterocycles. The number of aryl methyl sites for hydroxylation is 1. The first-order chi connectivity index (χ1) is 16.9. The molecule has 0 spiro atoms. The van der Waals surface area contributed by atoms with E-state index in [1.165, 1.54) is 12.7 Å². The molecule has 1 heterocycles. The average molecular weight is 484 g/mol.